The standard InChI is InChI=1S/C10H14N4O/c1-8-9(7-14(2)13-8)5-11-6-10-3-4-12-15-10/h3-4,7,11H,5-6H2,1-2H3. The molecule has 0 aliphatic carbocycles. The maximum atomic E-state index is 4.97. The molecular weight excluding hydrogens is 192 g/mol. The molecule has 0 aliphatic rings. The first-order chi connectivity index (χ1) is 7.25. The average molecular weight is 206 g/mol. The summed E-state index contributed by atoms with van der Waals surface area (Å²) in [5, 5.41) is 11.2. The quantitative estimate of drug-likeness (QED) is 0.811. The molecule has 2 heterocycles. The van der Waals surface area contributed by atoms with E-state index in [2.05, 4.69) is 15.6 Å². The van der Waals surface area contributed by atoms with Crippen LogP contribution in [-0.4, -0.2) is 14.9 Å². The van der Waals surface area contributed by atoms with Gasteiger partial charge in [-0.05, 0) is 6.92 Å². The molecular formula is C10H14N4O. The van der Waals surface area contributed by atoms with Gasteiger partial charge in [0.2, 0.25) is 0 Å². The fourth-order valence-corrected chi connectivity index (χ4v) is 1.48. The summed E-state index contributed by atoms with van der Waals surface area (Å²) in [5.41, 5.74) is 2.26. The van der Waals surface area contributed by atoms with E-state index >= 15 is 0 Å². The third-order valence-electron chi connectivity index (χ3n) is 2.22. The van der Waals surface area contributed by atoms with Gasteiger partial charge in [-0.3, -0.25) is 4.68 Å². The molecule has 0 saturated carbocycles. The van der Waals surface area contributed by atoms with Crippen LogP contribution in [0, 0.1) is 6.92 Å². The molecule has 5 heteroatoms. The summed E-state index contributed by atoms with van der Waals surface area (Å²) < 4.78 is 6.79. The van der Waals surface area contributed by atoms with Crippen molar-refractivity contribution in [2.75, 3.05) is 0 Å². The molecule has 2 rings (SSSR count). The van der Waals surface area contributed by atoms with Gasteiger partial charge < -0.3 is 9.84 Å². The van der Waals surface area contributed by atoms with Crippen molar-refractivity contribution in [1.82, 2.24) is 20.3 Å². The van der Waals surface area contributed by atoms with Gasteiger partial charge in [-0.2, -0.15) is 5.10 Å². The van der Waals surface area contributed by atoms with Crippen molar-refractivity contribution in [3.8, 4) is 0 Å². The summed E-state index contributed by atoms with van der Waals surface area (Å²) in [5.74, 6) is 0.844. The van der Waals surface area contributed by atoms with Crippen LogP contribution in [0.5, 0.6) is 0 Å². The molecule has 2 aromatic rings. The molecule has 0 aromatic carbocycles. The summed E-state index contributed by atoms with van der Waals surface area (Å²) in [4.78, 5) is 0. The fraction of sp³-hybridized carbons (Fsp3) is 0.400. The lowest BCUT2D eigenvalue weighted by molar-refractivity contribution is 0.372. The van der Waals surface area contributed by atoms with E-state index in [9.17, 15) is 0 Å². The number of aryl methyl sites for hydroxylation is 2. The van der Waals surface area contributed by atoms with Gasteiger partial charge in [-0.15, -0.1) is 0 Å². The summed E-state index contributed by atoms with van der Waals surface area (Å²) in [7, 11) is 1.92. The molecule has 0 bridgehead atoms. The molecule has 2 aromatic heterocycles. The number of hydrogen-bond donors (Lipinski definition) is 1. The van der Waals surface area contributed by atoms with Gasteiger partial charge in [0.1, 0.15) is 5.76 Å². The van der Waals surface area contributed by atoms with Gasteiger partial charge in [0.25, 0.3) is 0 Å². The van der Waals surface area contributed by atoms with Gasteiger partial charge >= 0.3 is 0 Å². The zero-order chi connectivity index (χ0) is 10.7. The third-order valence-corrected chi connectivity index (χ3v) is 2.22. The minimum absolute atomic E-state index is 0.689. The van der Waals surface area contributed by atoms with Crippen LogP contribution in [0.25, 0.3) is 0 Å². The van der Waals surface area contributed by atoms with Crippen LogP contribution in [0.15, 0.2) is 23.0 Å². The lowest BCUT2D eigenvalue weighted by Gasteiger charge is -1.99. The van der Waals surface area contributed by atoms with E-state index in [1.807, 2.05) is 30.9 Å². The van der Waals surface area contributed by atoms with Crippen LogP contribution in [0.2, 0.25) is 0 Å². The summed E-state index contributed by atoms with van der Waals surface area (Å²) in [6.45, 7) is 3.49. The molecule has 80 valence electrons. The van der Waals surface area contributed by atoms with E-state index in [1.54, 1.807) is 6.20 Å². The van der Waals surface area contributed by atoms with Crippen LogP contribution in [0.3, 0.4) is 0 Å². The fourth-order valence-electron chi connectivity index (χ4n) is 1.48. The number of hydrogen-bond acceptors (Lipinski definition) is 4. The second kappa shape index (κ2) is 4.27. The van der Waals surface area contributed by atoms with Gasteiger partial charge in [0.05, 0.1) is 18.4 Å². The Balaban J connectivity index is 1.86. The molecule has 0 atom stereocenters. The van der Waals surface area contributed by atoms with E-state index in [-0.39, 0.29) is 0 Å². The van der Waals surface area contributed by atoms with Crippen molar-refractivity contribution in [2.24, 2.45) is 7.05 Å². The molecule has 0 radical (unpaired) electrons. The van der Waals surface area contributed by atoms with Gasteiger partial charge in [-0.25, -0.2) is 0 Å². The summed E-state index contributed by atoms with van der Waals surface area (Å²) in [6, 6.07) is 1.85. The molecule has 5 nitrogen and oxygen atoms in total. The zero-order valence-electron chi connectivity index (χ0n) is 8.90. The summed E-state index contributed by atoms with van der Waals surface area (Å²) in [6.07, 6.45) is 3.66. The topological polar surface area (TPSA) is 55.9 Å². The monoisotopic (exact) mass is 206 g/mol. The van der Waals surface area contributed by atoms with Crippen LogP contribution in [0.1, 0.15) is 17.0 Å². The van der Waals surface area contributed by atoms with Crippen molar-refractivity contribution in [3.63, 3.8) is 0 Å². The van der Waals surface area contributed by atoms with Gasteiger partial charge in [0.15, 0.2) is 0 Å². The normalized spacial score (nSPS) is 10.8. The Labute approximate surface area is 88.1 Å². The minimum Gasteiger partial charge on any atom is -0.360 e. The Morgan fingerprint density at radius 2 is 2.33 bits per heavy atom. The largest absolute Gasteiger partial charge is 0.360 e. The predicted octanol–water partition coefficient (Wildman–Crippen LogP) is 1.01. The molecule has 15 heavy (non-hydrogen) atoms. The zero-order valence-corrected chi connectivity index (χ0v) is 8.90. The van der Waals surface area contributed by atoms with Gasteiger partial charge in [-0.1, -0.05) is 5.16 Å². The highest BCUT2D eigenvalue weighted by Gasteiger charge is 2.02. The van der Waals surface area contributed by atoms with Crippen LogP contribution >= 0.6 is 0 Å². The molecule has 0 unspecified atom stereocenters. The van der Waals surface area contributed by atoms with Crippen LogP contribution < -0.4 is 5.32 Å². The van der Waals surface area contributed by atoms with Gasteiger partial charge in [0, 0.05) is 31.4 Å². The van der Waals surface area contributed by atoms with E-state index in [0.29, 0.717) is 6.54 Å². The molecule has 0 fully saturated rings. The number of aromatic nitrogens is 3. The van der Waals surface area contributed by atoms with Crippen molar-refractivity contribution < 1.29 is 4.52 Å². The molecule has 0 spiro atoms. The first kappa shape index (κ1) is 9.92. The maximum absolute atomic E-state index is 4.97. The molecule has 0 aliphatic heterocycles. The van der Waals surface area contributed by atoms with Crippen molar-refractivity contribution >= 4 is 0 Å². The minimum atomic E-state index is 0.689. The van der Waals surface area contributed by atoms with E-state index in [0.717, 1.165) is 18.0 Å². The number of nitrogens with one attached hydrogen (secondary N) is 1. The average Bonchev–Trinajstić information content (AvgIpc) is 2.77. The Morgan fingerprint density at radius 1 is 1.47 bits per heavy atom. The van der Waals surface area contributed by atoms with Crippen molar-refractivity contribution in [3.05, 3.63) is 35.5 Å². The van der Waals surface area contributed by atoms with Crippen LogP contribution in [0.4, 0.5) is 0 Å². The Kier molecular flexibility index (Phi) is 2.82. The summed E-state index contributed by atoms with van der Waals surface area (Å²) >= 11 is 0. The SMILES string of the molecule is Cc1nn(C)cc1CNCc1ccno1. The highest BCUT2D eigenvalue weighted by Crippen LogP contribution is 2.04. The lowest BCUT2D eigenvalue weighted by atomic mass is 10.2. The second-order valence-corrected chi connectivity index (χ2v) is 3.50. The predicted molar refractivity (Wildman–Crippen MR) is 55.0 cm³/mol. The van der Waals surface area contributed by atoms with E-state index in [1.165, 1.54) is 5.56 Å². The Morgan fingerprint density at radius 3 is 2.93 bits per heavy atom. The lowest BCUT2D eigenvalue weighted by Crippen LogP contribution is -2.12. The first-order valence-corrected chi connectivity index (χ1v) is 4.85. The van der Waals surface area contributed by atoms with Crippen molar-refractivity contribution in [1.29, 1.82) is 0 Å². The van der Waals surface area contributed by atoms with E-state index < -0.39 is 0 Å². The Hall–Kier alpha value is -1.62. The molecule has 0 saturated heterocycles. The second-order valence-electron chi connectivity index (χ2n) is 3.50. The number of nitrogens with zero attached hydrogens (tertiary/aromatic N) is 3. The number of rotatable bonds is 4. The third kappa shape index (κ3) is 2.44. The highest BCUT2D eigenvalue weighted by molar-refractivity contribution is 5.14. The molecule has 1 N–H and O–H groups in total. The van der Waals surface area contributed by atoms with E-state index in [4.69, 9.17) is 4.52 Å². The maximum Gasteiger partial charge on any atom is 0.150 e. The smallest absolute Gasteiger partial charge is 0.150 e. The van der Waals surface area contributed by atoms with Crippen molar-refractivity contribution in [2.45, 2.75) is 20.0 Å². The first-order valence-electron chi connectivity index (χ1n) is 4.85. The Bertz CT molecular complexity index is 419. The molecule has 0 amide bonds. The highest BCUT2D eigenvalue weighted by atomic mass is 16.5. The van der Waals surface area contributed by atoms with Crippen LogP contribution in [-0.2, 0) is 20.1 Å².